The van der Waals surface area contributed by atoms with Crippen molar-refractivity contribution >= 4 is 0 Å². The van der Waals surface area contributed by atoms with Crippen molar-refractivity contribution in [2.75, 3.05) is 0 Å². The largest absolute Gasteiger partial charge is 1.00 e. The van der Waals surface area contributed by atoms with Crippen molar-refractivity contribution in [3.8, 4) is 0 Å². The molecule has 0 rings (SSSR count). The quantitative estimate of drug-likeness (QED) is 0.414. The van der Waals surface area contributed by atoms with Gasteiger partial charge in [0.05, 0.1) is 0 Å². The second kappa shape index (κ2) is 15.6. The van der Waals surface area contributed by atoms with Gasteiger partial charge in [-0.05, 0) is 0 Å². The van der Waals surface area contributed by atoms with Crippen LogP contribution in [0.2, 0.25) is 0 Å². The van der Waals surface area contributed by atoms with E-state index >= 15 is 0 Å². The summed E-state index contributed by atoms with van der Waals surface area (Å²) in [4.78, 5) is 0. The molecule has 0 spiro atoms. The van der Waals surface area contributed by atoms with Crippen molar-refractivity contribution in [3.05, 3.63) is 0 Å². The molecule has 0 fully saturated rings. The fraction of sp³-hybridized carbons (Fsp3) is 0. The third kappa shape index (κ3) is 9.76. The van der Waals surface area contributed by atoms with Crippen molar-refractivity contribution in [2.24, 2.45) is 0 Å². The zero-order valence-electron chi connectivity index (χ0n) is 2.76. The van der Waals surface area contributed by atoms with Crippen LogP contribution in [0.5, 0.6) is 0 Å². The zero-order valence-corrected chi connectivity index (χ0v) is 15.8. The smallest absolute Gasteiger partial charge is 1.00 e. The Balaban J connectivity index is 0. The molecule has 0 amide bonds. The molecule has 0 unspecified atom stereocenters. The van der Waals surface area contributed by atoms with Crippen LogP contribution in [0.3, 0.4) is 0 Å². The zero-order chi connectivity index (χ0) is 0. The van der Waals surface area contributed by atoms with Gasteiger partial charge < -0.3 is 34.0 Å². The van der Waals surface area contributed by atoms with Crippen LogP contribution in [0, 0.1) is 0 Å². The van der Waals surface area contributed by atoms with Crippen molar-refractivity contribution in [1.82, 2.24) is 0 Å². The van der Waals surface area contributed by atoms with Gasteiger partial charge in [-0.15, -0.1) is 0 Å². The summed E-state index contributed by atoms with van der Waals surface area (Å²) in [6.07, 6.45) is 0. The molecular formula is Br2Rb2. The molecule has 0 saturated carbocycles. The van der Waals surface area contributed by atoms with E-state index in [1.165, 1.54) is 0 Å². The van der Waals surface area contributed by atoms with E-state index in [0.717, 1.165) is 0 Å². The molecule has 0 saturated heterocycles. The average Bonchev–Trinajstić information content (AvgIpc) is 0. The van der Waals surface area contributed by atoms with Crippen LogP contribution >= 0.6 is 0 Å². The molecule has 4 heavy (non-hydrogen) atoms. The molecule has 0 radical (unpaired) electrons. The van der Waals surface area contributed by atoms with E-state index in [1.54, 1.807) is 0 Å². The number of hydrogen-bond acceptors (Lipinski definition) is 0. The maximum atomic E-state index is 0. The summed E-state index contributed by atoms with van der Waals surface area (Å²) in [5.41, 5.74) is 0. The Kier molecular flexibility index (Phi) is 92.0. The SMILES string of the molecule is [Br-].[Br-].[Rb+].[Rb+]. The first-order valence-corrected chi connectivity index (χ1v) is 0. The van der Waals surface area contributed by atoms with E-state index in [2.05, 4.69) is 0 Å². The molecule has 0 heterocycles. The van der Waals surface area contributed by atoms with Crippen LogP contribution in [-0.4, -0.2) is 0 Å². The van der Waals surface area contributed by atoms with Crippen molar-refractivity contribution in [2.45, 2.75) is 0 Å². The van der Waals surface area contributed by atoms with E-state index in [0.29, 0.717) is 0 Å². The summed E-state index contributed by atoms with van der Waals surface area (Å²) < 4.78 is 0. The summed E-state index contributed by atoms with van der Waals surface area (Å²) in [5.74, 6) is 0. The Bertz CT molecular complexity index is 4.00. The van der Waals surface area contributed by atoms with Gasteiger partial charge in [0.2, 0.25) is 0 Å². The Morgan fingerprint density at radius 2 is 0.500 bits per heavy atom. The maximum Gasteiger partial charge on any atom is 1.00 e. The minimum absolute atomic E-state index is 0. The third-order valence-electron chi connectivity index (χ3n) is 0. The van der Waals surface area contributed by atoms with Gasteiger partial charge in [-0.3, -0.25) is 0 Å². The molecule has 0 aromatic heterocycles. The molecule has 0 bridgehead atoms. The van der Waals surface area contributed by atoms with Gasteiger partial charge in [0, 0.05) is 0 Å². The normalized spacial score (nSPS) is 0. The number of halogens is 2. The van der Waals surface area contributed by atoms with Gasteiger partial charge in [0.1, 0.15) is 0 Å². The number of hydrogen-bond donors (Lipinski definition) is 0. The van der Waals surface area contributed by atoms with E-state index in [1.807, 2.05) is 0 Å². The van der Waals surface area contributed by atoms with Gasteiger partial charge in [-0.25, -0.2) is 0 Å². The molecule has 0 atom stereocenters. The van der Waals surface area contributed by atoms with Crippen LogP contribution in [0.1, 0.15) is 0 Å². The van der Waals surface area contributed by atoms with Gasteiger partial charge in [0.25, 0.3) is 0 Å². The summed E-state index contributed by atoms with van der Waals surface area (Å²) in [6.45, 7) is 0. The van der Waals surface area contributed by atoms with Gasteiger partial charge >= 0.3 is 116 Å². The molecule has 0 aliphatic carbocycles. The average molecular weight is 331 g/mol. The number of rotatable bonds is 0. The van der Waals surface area contributed by atoms with Gasteiger partial charge in [0.15, 0.2) is 0 Å². The summed E-state index contributed by atoms with van der Waals surface area (Å²) >= 11 is 0. The Morgan fingerprint density at radius 3 is 0.500 bits per heavy atom. The Hall–Kier alpha value is 4.57. The van der Waals surface area contributed by atoms with E-state index < -0.39 is 0 Å². The van der Waals surface area contributed by atoms with Crippen molar-refractivity contribution in [1.29, 1.82) is 0 Å². The first kappa shape index (κ1) is 23.5. The minimum atomic E-state index is 0. The molecular weight excluding hydrogens is 331 g/mol. The first-order chi connectivity index (χ1) is 0. The minimum Gasteiger partial charge on any atom is -1.00 e. The third-order valence-corrected chi connectivity index (χ3v) is 0. The summed E-state index contributed by atoms with van der Waals surface area (Å²) in [7, 11) is 0. The maximum absolute atomic E-state index is 0. The monoisotopic (exact) mass is 328 g/mol. The predicted octanol–water partition coefficient (Wildman–Crippen LogP) is -12.0. The van der Waals surface area contributed by atoms with Crippen molar-refractivity contribution < 1.29 is 150 Å². The van der Waals surface area contributed by atoms with Crippen LogP contribution in [0.4, 0.5) is 0 Å². The van der Waals surface area contributed by atoms with Crippen LogP contribution in [0.15, 0.2) is 0 Å². The van der Waals surface area contributed by atoms with Crippen LogP contribution in [0.25, 0.3) is 0 Å². The molecule has 0 aliphatic heterocycles. The molecule has 4 heteroatoms. The van der Waals surface area contributed by atoms with E-state index in [9.17, 15) is 0 Å². The Morgan fingerprint density at radius 1 is 0.500 bits per heavy atom. The second-order valence-electron chi connectivity index (χ2n) is 0. The van der Waals surface area contributed by atoms with Gasteiger partial charge in [-0.1, -0.05) is 0 Å². The molecule has 0 nitrogen and oxygen atoms in total. The molecule has 0 aliphatic rings. The van der Waals surface area contributed by atoms with Crippen molar-refractivity contribution in [3.63, 3.8) is 0 Å². The standard InChI is InChI=1S/2BrH.2Rb/h2*1H;;/q;;2*+1/p-2. The predicted molar refractivity (Wildman–Crippen MR) is 0 cm³/mol. The van der Waals surface area contributed by atoms with Gasteiger partial charge in [-0.2, -0.15) is 0 Å². The molecule has 0 N–H and O–H groups in total. The van der Waals surface area contributed by atoms with E-state index in [4.69, 9.17) is 0 Å². The molecule has 0 aromatic rings. The Labute approximate surface area is 145 Å². The summed E-state index contributed by atoms with van der Waals surface area (Å²) in [6, 6.07) is 0. The summed E-state index contributed by atoms with van der Waals surface area (Å²) in [5, 5.41) is 0. The van der Waals surface area contributed by atoms with Crippen LogP contribution in [-0.2, 0) is 0 Å². The molecule has 0 aromatic carbocycles. The fourth-order valence-corrected chi connectivity index (χ4v) is 0. The first-order valence-electron chi connectivity index (χ1n) is 0. The van der Waals surface area contributed by atoms with E-state index in [-0.39, 0.29) is 150 Å². The topological polar surface area (TPSA) is 0 Å². The van der Waals surface area contributed by atoms with Crippen LogP contribution < -0.4 is 150 Å². The molecule has 16 valence electrons. The fourth-order valence-electron chi connectivity index (χ4n) is 0. The second-order valence-corrected chi connectivity index (χ2v) is 0.